The van der Waals surface area contributed by atoms with Gasteiger partial charge in [0.1, 0.15) is 11.9 Å². The Kier molecular flexibility index (Phi) is 4.65. The molecular weight excluding hydrogens is 331 g/mol. The van der Waals surface area contributed by atoms with E-state index in [-0.39, 0.29) is 11.7 Å². The van der Waals surface area contributed by atoms with Crippen molar-refractivity contribution in [1.29, 1.82) is 0 Å². The molecule has 0 radical (unpaired) electrons. The van der Waals surface area contributed by atoms with Crippen molar-refractivity contribution in [2.24, 2.45) is 0 Å². The highest BCUT2D eigenvalue weighted by Crippen LogP contribution is 2.30. The van der Waals surface area contributed by atoms with Gasteiger partial charge in [0.15, 0.2) is 0 Å². The van der Waals surface area contributed by atoms with Crippen LogP contribution in [0, 0.1) is 6.92 Å². The Morgan fingerprint density at radius 1 is 1.24 bits per heavy atom. The normalized spacial score (nSPS) is 17.8. The van der Waals surface area contributed by atoms with E-state index in [1.165, 1.54) is 0 Å². The lowest BCUT2D eigenvalue weighted by Crippen LogP contribution is -2.33. The van der Waals surface area contributed by atoms with Crippen molar-refractivity contribution in [3.63, 3.8) is 0 Å². The molecule has 1 atom stereocenters. The molecule has 1 amide bonds. The molecular formula is C18H18F3N3O. The van der Waals surface area contributed by atoms with Crippen LogP contribution in [0.25, 0.3) is 0 Å². The molecule has 1 aliphatic heterocycles. The minimum atomic E-state index is -4.43. The lowest BCUT2D eigenvalue weighted by Gasteiger charge is -2.18. The average Bonchev–Trinajstić information content (AvgIpc) is 2.90. The van der Waals surface area contributed by atoms with Crippen molar-refractivity contribution in [3.05, 3.63) is 59.3 Å². The highest BCUT2D eigenvalue weighted by molar-refractivity contribution is 5.86. The standard InChI is InChI=1S/C18H18F3N3O/c1-12-2-4-13(5-3-12)11-24-9-7-15(17(24)25)23-16-10-14(6-8-22-16)18(19,20)21/h2-6,8,10,15H,7,9,11H2,1H3,(H,22,23). The molecule has 1 aliphatic rings. The fourth-order valence-corrected chi connectivity index (χ4v) is 2.81. The first-order valence-electron chi connectivity index (χ1n) is 7.97. The van der Waals surface area contributed by atoms with Crippen LogP contribution >= 0.6 is 0 Å². The number of alkyl halides is 3. The molecule has 1 aromatic carbocycles. The molecule has 25 heavy (non-hydrogen) atoms. The summed E-state index contributed by atoms with van der Waals surface area (Å²) in [5, 5.41) is 2.83. The van der Waals surface area contributed by atoms with E-state index < -0.39 is 17.8 Å². The Hall–Kier alpha value is -2.57. The molecule has 132 valence electrons. The van der Waals surface area contributed by atoms with E-state index in [1.54, 1.807) is 4.90 Å². The molecule has 7 heteroatoms. The fourth-order valence-electron chi connectivity index (χ4n) is 2.81. The van der Waals surface area contributed by atoms with E-state index in [2.05, 4.69) is 10.3 Å². The number of nitrogens with one attached hydrogen (secondary N) is 1. The van der Waals surface area contributed by atoms with Crippen molar-refractivity contribution < 1.29 is 18.0 Å². The zero-order valence-corrected chi connectivity index (χ0v) is 13.7. The molecule has 0 spiro atoms. The van der Waals surface area contributed by atoms with Gasteiger partial charge in [-0.25, -0.2) is 4.98 Å². The van der Waals surface area contributed by atoms with Crippen LogP contribution in [0.1, 0.15) is 23.1 Å². The van der Waals surface area contributed by atoms with E-state index >= 15 is 0 Å². The van der Waals surface area contributed by atoms with Crippen LogP contribution in [0.3, 0.4) is 0 Å². The topological polar surface area (TPSA) is 45.2 Å². The molecule has 1 unspecified atom stereocenters. The SMILES string of the molecule is Cc1ccc(CN2CCC(Nc3cc(C(F)(F)F)ccn3)C2=O)cc1. The molecule has 1 fully saturated rings. The van der Waals surface area contributed by atoms with E-state index in [1.807, 2.05) is 31.2 Å². The minimum Gasteiger partial charge on any atom is -0.358 e. The second kappa shape index (κ2) is 6.74. The summed E-state index contributed by atoms with van der Waals surface area (Å²) in [6.07, 6.45) is -2.81. The Labute approximate surface area is 143 Å². The smallest absolute Gasteiger partial charge is 0.358 e. The summed E-state index contributed by atoms with van der Waals surface area (Å²) in [5.74, 6) is -0.0647. The number of likely N-dealkylation sites (tertiary alicyclic amines) is 1. The lowest BCUT2D eigenvalue weighted by atomic mass is 10.1. The van der Waals surface area contributed by atoms with Crippen LogP contribution in [-0.2, 0) is 17.5 Å². The Bertz CT molecular complexity index is 759. The monoisotopic (exact) mass is 349 g/mol. The van der Waals surface area contributed by atoms with Crippen LogP contribution < -0.4 is 5.32 Å². The Morgan fingerprint density at radius 2 is 1.96 bits per heavy atom. The third-order valence-electron chi connectivity index (χ3n) is 4.20. The number of carbonyl (C=O) groups is 1. The van der Waals surface area contributed by atoms with Gasteiger partial charge in [-0.3, -0.25) is 4.79 Å². The summed E-state index contributed by atoms with van der Waals surface area (Å²) < 4.78 is 38.3. The van der Waals surface area contributed by atoms with Crippen molar-refractivity contribution in [2.45, 2.75) is 32.1 Å². The second-order valence-electron chi connectivity index (χ2n) is 6.16. The number of aromatic nitrogens is 1. The molecule has 3 rings (SSSR count). The number of hydrogen-bond acceptors (Lipinski definition) is 3. The van der Waals surface area contributed by atoms with E-state index in [0.717, 1.165) is 29.5 Å². The Morgan fingerprint density at radius 3 is 2.64 bits per heavy atom. The summed E-state index contributed by atoms with van der Waals surface area (Å²) in [6, 6.07) is 9.19. The van der Waals surface area contributed by atoms with Gasteiger partial charge >= 0.3 is 6.18 Å². The van der Waals surface area contributed by atoms with E-state index in [9.17, 15) is 18.0 Å². The number of anilines is 1. The number of halogens is 3. The second-order valence-corrected chi connectivity index (χ2v) is 6.16. The molecule has 1 aromatic heterocycles. The predicted molar refractivity (Wildman–Crippen MR) is 87.9 cm³/mol. The maximum absolute atomic E-state index is 12.8. The number of amides is 1. The summed E-state index contributed by atoms with van der Waals surface area (Å²) in [7, 11) is 0. The van der Waals surface area contributed by atoms with Crippen molar-refractivity contribution in [1.82, 2.24) is 9.88 Å². The number of hydrogen-bond donors (Lipinski definition) is 1. The zero-order valence-electron chi connectivity index (χ0n) is 13.7. The summed E-state index contributed by atoms with van der Waals surface area (Å²) >= 11 is 0. The molecule has 1 saturated heterocycles. The molecule has 0 bridgehead atoms. The quantitative estimate of drug-likeness (QED) is 0.917. The van der Waals surface area contributed by atoms with Gasteiger partial charge in [0.25, 0.3) is 0 Å². The van der Waals surface area contributed by atoms with Crippen molar-refractivity contribution in [3.8, 4) is 0 Å². The van der Waals surface area contributed by atoms with E-state index in [0.29, 0.717) is 19.5 Å². The van der Waals surface area contributed by atoms with Gasteiger partial charge in [-0.2, -0.15) is 13.2 Å². The summed E-state index contributed by atoms with van der Waals surface area (Å²) in [5.41, 5.74) is 1.38. The highest BCUT2D eigenvalue weighted by Gasteiger charge is 2.33. The first-order valence-corrected chi connectivity index (χ1v) is 7.97. The van der Waals surface area contributed by atoms with Crippen molar-refractivity contribution in [2.75, 3.05) is 11.9 Å². The van der Waals surface area contributed by atoms with Crippen LogP contribution in [0.15, 0.2) is 42.6 Å². The number of aryl methyl sites for hydroxylation is 1. The predicted octanol–water partition coefficient (Wildman–Crippen LogP) is 3.62. The number of pyridine rings is 1. The zero-order chi connectivity index (χ0) is 18.0. The van der Waals surface area contributed by atoms with E-state index in [4.69, 9.17) is 0 Å². The number of rotatable bonds is 4. The largest absolute Gasteiger partial charge is 0.416 e. The minimum absolute atomic E-state index is 0.0605. The van der Waals surface area contributed by atoms with Crippen molar-refractivity contribution >= 4 is 11.7 Å². The molecule has 2 heterocycles. The lowest BCUT2D eigenvalue weighted by molar-refractivity contribution is -0.137. The van der Waals surface area contributed by atoms with Gasteiger partial charge in [0.05, 0.1) is 5.56 Å². The molecule has 0 aliphatic carbocycles. The number of carbonyl (C=O) groups excluding carboxylic acids is 1. The average molecular weight is 349 g/mol. The van der Waals surface area contributed by atoms with Gasteiger partial charge in [0.2, 0.25) is 5.91 Å². The first kappa shape index (κ1) is 17.3. The number of benzene rings is 1. The van der Waals surface area contributed by atoms with Gasteiger partial charge in [0, 0.05) is 19.3 Å². The third kappa shape index (κ3) is 4.10. The van der Waals surface area contributed by atoms with Gasteiger partial charge in [-0.1, -0.05) is 29.8 Å². The third-order valence-corrected chi connectivity index (χ3v) is 4.20. The molecule has 4 nitrogen and oxygen atoms in total. The Balaban J connectivity index is 1.65. The van der Waals surface area contributed by atoms with Crippen LogP contribution in [0.4, 0.5) is 19.0 Å². The van der Waals surface area contributed by atoms with Crippen LogP contribution in [-0.4, -0.2) is 28.4 Å². The maximum atomic E-state index is 12.8. The van der Waals surface area contributed by atoms with Gasteiger partial charge in [-0.05, 0) is 31.0 Å². The maximum Gasteiger partial charge on any atom is 0.416 e. The first-order chi connectivity index (χ1) is 11.8. The summed E-state index contributed by atoms with van der Waals surface area (Å²) in [4.78, 5) is 18.1. The molecule has 2 aromatic rings. The van der Waals surface area contributed by atoms with Crippen LogP contribution in [0.2, 0.25) is 0 Å². The van der Waals surface area contributed by atoms with Gasteiger partial charge < -0.3 is 10.2 Å². The highest BCUT2D eigenvalue weighted by atomic mass is 19.4. The molecule has 1 N–H and O–H groups in total. The van der Waals surface area contributed by atoms with Gasteiger partial charge in [-0.15, -0.1) is 0 Å². The van der Waals surface area contributed by atoms with Crippen LogP contribution in [0.5, 0.6) is 0 Å². The number of nitrogens with zero attached hydrogens (tertiary/aromatic N) is 2. The molecule has 0 saturated carbocycles. The summed E-state index contributed by atoms with van der Waals surface area (Å²) in [6.45, 7) is 3.05. The fraction of sp³-hybridized carbons (Fsp3) is 0.333.